The highest BCUT2D eigenvalue weighted by Crippen LogP contribution is 2.31. The number of nitrogens with one attached hydrogen (secondary N) is 1. The fourth-order valence-electron chi connectivity index (χ4n) is 2.19. The van der Waals surface area contributed by atoms with Gasteiger partial charge in [0.2, 0.25) is 5.91 Å². The smallest absolute Gasteiger partial charge is 0.234 e. The molecular formula is C12H23N3O5. The summed E-state index contributed by atoms with van der Waals surface area (Å²) in [5.41, 5.74) is 4.69. The second-order valence-electron chi connectivity index (χ2n) is 4.70. The summed E-state index contributed by atoms with van der Waals surface area (Å²) in [4.78, 5) is 12.4. The molecule has 8 nitrogen and oxygen atoms in total. The normalized spacial score (nSPS) is 20.4. The van der Waals surface area contributed by atoms with Crippen LogP contribution in [-0.2, 0) is 19.0 Å². The molecule has 20 heavy (non-hydrogen) atoms. The molecule has 1 amide bonds. The molecule has 1 unspecified atom stereocenters. The average molecular weight is 289 g/mol. The summed E-state index contributed by atoms with van der Waals surface area (Å²) in [6, 6.07) is 0. The first-order chi connectivity index (χ1) is 9.60. The quantitative estimate of drug-likeness (QED) is 0.247. The van der Waals surface area contributed by atoms with Gasteiger partial charge in [0.25, 0.3) is 0 Å². The zero-order valence-electron chi connectivity index (χ0n) is 11.9. The summed E-state index contributed by atoms with van der Waals surface area (Å²) in [6.45, 7) is 1.46. The Balaban J connectivity index is 2.69. The Morgan fingerprint density at radius 3 is 2.65 bits per heavy atom. The molecule has 1 saturated heterocycles. The van der Waals surface area contributed by atoms with Gasteiger partial charge in [-0.05, 0) is 12.8 Å². The first kappa shape index (κ1) is 16.7. The first-order valence-electron chi connectivity index (χ1n) is 6.46. The van der Waals surface area contributed by atoms with Crippen molar-refractivity contribution >= 4 is 11.7 Å². The van der Waals surface area contributed by atoms with Crippen molar-refractivity contribution in [2.45, 2.75) is 18.9 Å². The van der Waals surface area contributed by atoms with Gasteiger partial charge in [-0.2, -0.15) is 0 Å². The minimum atomic E-state index is -1.02. The molecule has 0 aliphatic carbocycles. The zero-order chi connectivity index (χ0) is 15.0. The molecule has 1 atom stereocenters. The van der Waals surface area contributed by atoms with Gasteiger partial charge >= 0.3 is 0 Å². The largest absolute Gasteiger partial charge is 0.409 e. The number of amidine groups is 1. The van der Waals surface area contributed by atoms with E-state index in [-0.39, 0.29) is 17.8 Å². The maximum atomic E-state index is 12.4. The number of hydrogen-bond donors (Lipinski definition) is 3. The van der Waals surface area contributed by atoms with E-state index in [0.29, 0.717) is 39.2 Å². The number of nitrogens with two attached hydrogens (primary N) is 1. The third-order valence-electron chi connectivity index (χ3n) is 3.56. The van der Waals surface area contributed by atoms with E-state index in [1.807, 2.05) is 0 Å². The van der Waals surface area contributed by atoms with Crippen LogP contribution in [0.2, 0.25) is 0 Å². The molecule has 1 aliphatic rings. The number of ether oxygens (including phenoxy) is 3. The molecule has 1 heterocycles. The molecule has 4 N–H and O–H groups in total. The number of hydrogen-bond acceptors (Lipinski definition) is 6. The maximum Gasteiger partial charge on any atom is 0.234 e. The van der Waals surface area contributed by atoms with Crippen molar-refractivity contribution in [3.05, 3.63) is 0 Å². The first-order valence-corrected chi connectivity index (χ1v) is 6.46. The molecule has 0 aromatic rings. The van der Waals surface area contributed by atoms with Crippen molar-refractivity contribution in [2.75, 3.05) is 40.6 Å². The van der Waals surface area contributed by atoms with Crippen molar-refractivity contribution in [1.29, 1.82) is 0 Å². The van der Waals surface area contributed by atoms with E-state index in [9.17, 15) is 4.79 Å². The Labute approximate surface area is 118 Å². The third-order valence-corrected chi connectivity index (χ3v) is 3.56. The van der Waals surface area contributed by atoms with Gasteiger partial charge < -0.3 is 30.5 Å². The fourth-order valence-corrected chi connectivity index (χ4v) is 2.19. The minimum absolute atomic E-state index is 0.0843. The van der Waals surface area contributed by atoms with Gasteiger partial charge in [0, 0.05) is 34.0 Å². The lowest BCUT2D eigenvalue weighted by atomic mass is 9.78. The van der Waals surface area contributed by atoms with Gasteiger partial charge in [0.05, 0.1) is 12.7 Å². The maximum absolute atomic E-state index is 12.4. The van der Waals surface area contributed by atoms with Crippen LogP contribution in [0.15, 0.2) is 5.16 Å². The molecular weight excluding hydrogens is 266 g/mol. The Kier molecular flexibility index (Phi) is 6.69. The lowest BCUT2D eigenvalue weighted by molar-refractivity contribution is -0.132. The number of amides is 1. The lowest BCUT2D eigenvalue weighted by Gasteiger charge is -2.34. The summed E-state index contributed by atoms with van der Waals surface area (Å²) >= 11 is 0. The Morgan fingerprint density at radius 2 is 2.15 bits per heavy atom. The second-order valence-corrected chi connectivity index (χ2v) is 4.70. The summed E-state index contributed by atoms with van der Waals surface area (Å²) in [5, 5.41) is 14.7. The molecule has 1 rings (SSSR count). The molecule has 1 fully saturated rings. The Bertz CT molecular complexity index is 342. The van der Waals surface area contributed by atoms with Crippen LogP contribution in [0, 0.1) is 5.41 Å². The number of nitrogens with zero attached hydrogens (tertiary/aromatic N) is 1. The van der Waals surface area contributed by atoms with E-state index in [2.05, 4.69) is 10.5 Å². The van der Waals surface area contributed by atoms with Crippen molar-refractivity contribution in [2.24, 2.45) is 16.3 Å². The molecule has 0 aromatic carbocycles. The summed E-state index contributed by atoms with van der Waals surface area (Å²) in [7, 11) is 3.10. The number of carbonyl (C=O) groups is 1. The van der Waals surface area contributed by atoms with E-state index in [0.717, 1.165) is 0 Å². The summed E-state index contributed by atoms with van der Waals surface area (Å²) < 4.78 is 15.4. The Morgan fingerprint density at radius 1 is 1.50 bits per heavy atom. The Hall–Kier alpha value is -1.38. The van der Waals surface area contributed by atoms with Crippen LogP contribution in [-0.4, -0.2) is 63.6 Å². The van der Waals surface area contributed by atoms with Gasteiger partial charge in [-0.3, -0.25) is 4.79 Å². The molecule has 116 valence electrons. The van der Waals surface area contributed by atoms with Gasteiger partial charge in [-0.15, -0.1) is 0 Å². The highest BCUT2D eigenvalue weighted by atomic mass is 16.5. The van der Waals surface area contributed by atoms with Crippen LogP contribution in [0.3, 0.4) is 0 Å². The molecule has 0 spiro atoms. The standard InChI is InChI=1S/C12H23N3O5/c1-18-8-9(19-2)7-14-11(16)12(10(13)15-17)3-5-20-6-4-12/h9,17H,3-8H2,1-2H3,(H2,13,15)(H,14,16). The molecule has 0 radical (unpaired) electrons. The topological polar surface area (TPSA) is 115 Å². The van der Waals surface area contributed by atoms with E-state index >= 15 is 0 Å². The molecule has 1 aliphatic heterocycles. The number of rotatable bonds is 7. The SMILES string of the molecule is COCC(CNC(=O)C1(C(N)=NO)CCOCC1)OC. The van der Waals surface area contributed by atoms with Gasteiger partial charge in [-0.25, -0.2) is 0 Å². The highest BCUT2D eigenvalue weighted by Gasteiger charge is 2.44. The van der Waals surface area contributed by atoms with Crippen LogP contribution < -0.4 is 11.1 Å². The summed E-state index contributed by atoms with van der Waals surface area (Å²) in [6.07, 6.45) is 0.529. The van der Waals surface area contributed by atoms with E-state index in [1.54, 1.807) is 14.2 Å². The van der Waals surface area contributed by atoms with Gasteiger partial charge in [0.15, 0.2) is 5.84 Å². The monoisotopic (exact) mass is 289 g/mol. The van der Waals surface area contributed by atoms with E-state index < -0.39 is 5.41 Å². The van der Waals surface area contributed by atoms with Gasteiger partial charge in [0.1, 0.15) is 5.41 Å². The third kappa shape index (κ3) is 3.81. The predicted molar refractivity (Wildman–Crippen MR) is 71.6 cm³/mol. The van der Waals surface area contributed by atoms with Crippen molar-refractivity contribution in [3.63, 3.8) is 0 Å². The lowest BCUT2D eigenvalue weighted by Crippen LogP contribution is -2.54. The molecule has 0 aromatic heterocycles. The molecule has 0 saturated carbocycles. The summed E-state index contributed by atoms with van der Waals surface area (Å²) in [5.74, 6) is -0.367. The second kappa shape index (κ2) is 8.03. The average Bonchev–Trinajstić information content (AvgIpc) is 2.50. The van der Waals surface area contributed by atoms with Crippen LogP contribution in [0.4, 0.5) is 0 Å². The minimum Gasteiger partial charge on any atom is -0.409 e. The van der Waals surface area contributed by atoms with Crippen LogP contribution in [0.1, 0.15) is 12.8 Å². The van der Waals surface area contributed by atoms with E-state index in [4.69, 9.17) is 25.2 Å². The van der Waals surface area contributed by atoms with E-state index in [1.165, 1.54) is 0 Å². The van der Waals surface area contributed by atoms with Crippen molar-refractivity contribution in [3.8, 4) is 0 Å². The van der Waals surface area contributed by atoms with Crippen molar-refractivity contribution in [1.82, 2.24) is 5.32 Å². The zero-order valence-corrected chi connectivity index (χ0v) is 11.9. The highest BCUT2D eigenvalue weighted by molar-refractivity contribution is 6.06. The van der Waals surface area contributed by atoms with Crippen LogP contribution in [0.25, 0.3) is 0 Å². The van der Waals surface area contributed by atoms with Crippen LogP contribution >= 0.6 is 0 Å². The van der Waals surface area contributed by atoms with Gasteiger partial charge in [-0.1, -0.05) is 5.16 Å². The predicted octanol–water partition coefficient (Wildman–Crippen LogP) is -0.693. The fraction of sp³-hybridized carbons (Fsp3) is 0.833. The number of methoxy groups -OCH3 is 2. The number of carbonyl (C=O) groups excluding carboxylic acids is 1. The van der Waals surface area contributed by atoms with Crippen molar-refractivity contribution < 1.29 is 24.2 Å². The molecule has 0 bridgehead atoms. The molecule has 8 heteroatoms. The van der Waals surface area contributed by atoms with Crippen LogP contribution in [0.5, 0.6) is 0 Å². The number of oxime groups is 1.